The molecule has 20 heavy (non-hydrogen) atoms. The first-order valence-electron chi connectivity index (χ1n) is 6.77. The molecule has 0 aliphatic heterocycles. The summed E-state index contributed by atoms with van der Waals surface area (Å²) in [5, 5.41) is 0. The molecule has 1 atom stereocenters. The van der Waals surface area contributed by atoms with Crippen LogP contribution in [0.2, 0.25) is 0 Å². The molecule has 1 aromatic rings. The summed E-state index contributed by atoms with van der Waals surface area (Å²) in [6, 6.07) is 6.12. The minimum absolute atomic E-state index is 0.162. The van der Waals surface area contributed by atoms with E-state index in [9.17, 15) is 13.2 Å². The van der Waals surface area contributed by atoms with E-state index in [0.717, 1.165) is 17.9 Å². The van der Waals surface area contributed by atoms with Crippen LogP contribution < -0.4 is 16.0 Å². The van der Waals surface area contributed by atoms with Gasteiger partial charge in [-0.05, 0) is 36.5 Å². The molecule has 0 amide bonds. The third-order valence-corrected chi connectivity index (χ3v) is 3.72. The molecule has 1 unspecified atom stereocenters. The minimum Gasteiger partial charge on any atom is -0.406 e. The number of benzene rings is 1. The van der Waals surface area contributed by atoms with Crippen molar-refractivity contribution in [1.82, 2.24) is 5.43 Å². The number of hydrazine groups is 1. The van der Waals surface area contributed by atoms with Crippen LogP contribution in [0.1, 0.15) is 31.2 Å². The summed E-state index contributed by atoms with van der Waals surface area (Å²) in [5.74, 6) is 6.07. The van der Waals surface area contributed by atoms with Crippen molar-refractivity contribution in [2.75, 3.05) is 0 Å². The van der Waals surface area contributed by atoms with Gasteiger partial charge in [0.2, 0.25) is 0 Å². The summed E-state index contributed by atoms with van der Waals surface area (Å²) in [7, 11) is 0. The summed E-state index contributed by atoms with van der Waals surface area (Å²) >= 11 is 0. The zero-order chi connectivity index (χ0) is 14.6. The number of hydrogen-bond donors (Lipinski definition) is 2. The number of ether oxygens (including phenoxy) is 1. The van der Waals surface area contributed by atoms with E-state index in [-0.39, 0.29) is 11.8 Å². The lowest BCUT2D eigenvalue weighted by Crippen LogP contribution is -2.39. The topological polar surface area (TPSA) is 47.3 Å². The third-order valence-electron chi connectivity index (χ3n) is 3.72. The van der Waals surface area contributed by atoms with Gasteiger partial charge in [0.05, 0.1) is 0 Å². The number of nitrogens with one attached hydrogen (secondary N) is 1. The van der Waals surface area contributed by atoms with Crippen molar-refractivity contribution in [2.45, 2.75) is 44.5 Å². The maximum absolute atomic E-state index is 12.0. The molecule has 0 bridgehead atoms. The number of nitrogens with two attached hydrogens (primary N) is 1. The van der Waals surface area contributed by atoms with Gasteiger partial charge in [-0.1, -0.05) is 31.4 Å². The summed E-state index contributed by atoms with van der Waals surface area (Å²) in [6.07, 6.45) is 0.849. The summed E-state index contributed by atoms with van der Waals surface area (Å²) in [4.78, 5) is 0. The number of rotatable bonds is 6. The first-order chi connectivity index (χ1) is 9.46. The van der Waals surface area contributed by atoms with Gasteiger partial charge in [0.15, 0.2) is 0 Å². The fraction of sp³-hybridized carbons (Fsp3) is 0.571. The zero-order valence-electron chi connectivity index (χ0n) is 11.1. The molecule has 0 heterocycles. The Balaban J connectivity index is 1.88. The smallest absolute Gasteiger partial charge is 0.406 e. The largest absolute Gasteiger partial charge is 0.573 e. The van der Waals surface area contributed by atoms with Crippen molar-refractivity contribution >= 4 is 0 Å². The van der Waals surface area contributed by atoms with Crippen molar-refractivity contribution in [1.29, 1.82) is 0 Å². The molecule has 1 aromatic carbocycles. The lowest BCUT2D eigenvalue weighted by molar-refractivity contribution is -0.274. The van der Waals surface area contributed by atoms with E-state index in [1.807, 2.05) is 0 Å². The second-order valence-corrected chi connectivity index (χ2v) is 5.29. The molecule has 2 rings (SSSR count). The van der Waals surface area contributed by atoms with Crippen LogP contribution in [0.25, 0.3) is 0 Å². The Labute approximate surface area is 116 Å². The highest BCUT2D eigenvalue weighted by Gasteiger charge is 2.31. The van der Waals surface area contributed by atoms with E-state index in [0.29, 0.717) is 6.42 Å². The Morgan fingerprint density at radius 1 is 1.25 bits per heavy atom. The molecule has 1 fully saturated rings. The number of halogens is 3. The van der Waals surface area contributed by atoms with Crippen LogP contribution in [-0.4, -0.2) is 12.4 Å². The van der Waals surface area contributed by atoms with Crippen LogP contribution in [0.3, 0.4) is 0 Å². The van der Waals surface area contributed by atoms with Crippen LogP contribution in [0.5, 0.6) is 5.75 Å². The van der Waals surface area contributed by atoms with Crippen molar-refractivity contribution in [2.24, 2.45) is 11.8 Å². The molecule has 3 N–H and O–H groups in total. The fourth-order valence-electron chi connectivity index (χ4n) is 2.45. The van der Waals surface area contributed by atoms with Crippen LogP contribution in [-0.2, 0) is 6.42 Å². The van der Waals surface area contributed by atoms with E-state index in [4.69, 9.17) is 5.84 Å². The van der Waals surface area contributed by atoms with Gasteiger partial charge in [-0.2, -0.15) is 0 Å². The van der Waals surface area contributed by atoms with Gasteiger partial charge in [0.1, 0.15) is 5.75 Å². The quantitative estimate of drug-likeness (QED) is 0.624. The lowest BCUT2D eigenvalue weighted by Gasteiger charge is -2.29. The molecule has 0 radical (unpaired) electrons. The molecule has 6 heteroatoms. The first-order valence-corrected chi connectivity index (χ1v) is 6.77. The van der Waals surface area contributed by atoms with Gasteiger partial charge in [-0.15, -0.1) is 13.2 Å². The molecule has 112 valence electrons. The van der Waals surface area contributed by atoms with E-state index in [2.05, 4.69) is 10.2 Å². The Kier molecular flexibility index (Phi) is 4.88. The molecule has 1 aliphatic carbocycles. The molecule has 0 saturated heterocycles. The van der Waals surface area contributed by atoms with Gasteiger partial charge in [0.25, 0.3) is 0 Å². The Bertz CT molecular complexity index is 415. The predicted octanol–water partition coefficient (Wildman–Crippen LogP) is 3.15. The second kappa shape index (κ2) is 6.45. The number of hydrogen-bond acceptors (Lipinski definition) is 3. The number of alkyl halides is 3. The monoisotopic (exact) mass is 288 g/mol. The van der Waals surface area contributed by atoms with E-state index < -0.39 is 6.36 Å². The molecular formula is C14H19F3N2O. The van der Waals surface area contributed by atoms with Crippen LogP contribution in [0, 0.1) is 5.92 Å². The molecule has 0 aromatic heterocycles. The van der Waals surface area contributed by atoms with Crippen LogP contribution in [0.15, 0.2) is 24.3 Å². The highest BCUT2D eigenvalue weighted by Crippen LogP contribution is 2.31. The Hall–Kier alpha value is -1.27. The van der Waals surface area contributed by atoms with Crippen molar-refractivity contribution in [3.8, 4) is 5.75 Å². The van der Waals surface area contributed by atoms with E-state index in [1.165, 1.54) is 31.4 Å². The average Bonchev–Trinajstić information content (AvgIpc) is 2.32. The molecule has 1 saturated carbocycles. The van der Waals surface area contributed by atoms with Crippen LogP contribution >= 0.6 is 0 Å². The highest BCUT2D eigenvalue weighted by atomic mass is 19.4. The fourth-order valence-corrected chi connectivity index (χ4v) is 2.45. The summed E-state index contributed by atoms with van der Waals surface area (Å²) in [5.41, 5.74) is 3.74. The molecule has 3 nitrogen and oxygen atoms in total. The van der Waals surface area contributed by atoms with Crippen molar-refractivity contribution in [3.63, 3.8) is 0 Å². The van der Waals surface area contributed by atoms with Gasteiger partial charge < -0.3 is 4.74 Å². The van der Waals surface area contributed by atoms with Crippen LogP contribution in [0.4, 0.5) is 13.2 Å². The zero-order valence-corrected chi connectivity index (χ0v) is 11.1. The predicted molar refractivity (Wildman–Crippen MR) is 69.9 cm³/mol. The Morgan fingerprint density at radius 3 is 2.35 bits per heavy atom. The average molecular weight is 288 g/mol. The second-order valence-electron chi connectivity index (χ2n) is 5.29. The standard InChI is InChI=1S/C14H19F3N2O/c15-14(16,17)20-13-6-4-11(5-7-13)9-12(19-18)8-10-2-1-3-10/h4-7,10,12,19H,1-3,8-9,18H2. The first kappa shape index (κ1) is 15.1. The maximum atomic E-state index is 12.0. The normalized spacial score (nSPS) is 17.6. The van der Waals surface area contributed by atoms with Gasteiger partial charge >= 0.3 is 6.36 Å². The van der Waals surface area contributed by atoms with Gasteiger partial charge in [0, 0.05) is 6.04 Å². The summed E-state index contributed by atoms with van der Waals surface area (Å²) < 4.78 is 40.0. The third kappa shape index (κ3) is 4.68. The SMILES string of the molecule is NNC(Cc1ccc(OC(F)(F)F)cc1)CC1CCC1. The highest BCUT2D eigenvalue weighted by molar-refractivity contribution is 5.28. The molecular weight excluding hydrogens is 269 g/mol. The van der Waals surface area contributed by atoms with E-state index in [1.54, 1.807) is 12.1 Å². The van der Waals surface area contributed by atoms with Crippen molar-refractivity contribution in [3.05, 3.63) is 29.8 Å². The molecule has 1 aliphatic rings. The van der Waals surface area contributed by atoms with Gasteiger partial charge in [-0.3, -0.25) is 11.3 Å². The maximum Gasteiger partial charge on any atom is 0.573 e. The van der Waals surface area contributed by atoms with Crippen molar-refractivity contribution < 1.29 is 17.9 Å². The minimum atomic E-state index is -4.65. The van der Waals surface area contributed by atoms with Gasteiger partial charge in [-0.25, -0.2) is 0 Å². The molecule has 0 spiro atoms. The summed E-state index contributed by atoms with van der Waals surface area (Å²) in [6.45, 7) is 0. The Morgan fingerprint density at radius 2 is 1.90 bits per heavy atom. The lowest BCUT2D eigenvalue weighted by atomic mass is 9.80. The van der Waals surface area contributed by atoms with E-state index >= 15 is 0 Å².